The van der Waals surface area contributed by atoms with E-state index in [4.69, 9.17) is 17.5 Å². The second-order valence-corrected chi connectivity index (χ2v) is 9.55. The second-order valence-electron chi connectivity index (χ2n) is 9.19. The Morgan fingerprint density at radius 3 is 2.56 bits per heavy atom. The fraction of sp³-hybridized carbons (Fsp3) is 0.269. The average molecular weight is 557 g/mol. The van der Waals surface area contributed by atoms with Crippen molar-refractivity contribution in [2.24, 2.45) is 0 Å². The Balaban J connectivity index is 1.45. The number of carbonyl (C=O) groups excluding carboxylic acids is 1. The molecule has 3 aromatic rings. The van der Waals surface area contributed by atoms with Gasteiger partial charge in [0.2, 0.25) is 0 Å². The van der Waals surface area contributed by atoms with E-state index in [0.717, 1.165) is 17.2 Å². The van der Waals surface area contributed by atoms with Crippen LogP contribution in [0.4, 0.5) is 28.9 Å². The highest BCUT2D eigenvalue weighted by Gasteiger charge is 2.59. The monoisotopic (exact) mass is 556 g/mol. The minimum absolute atomic E-state index is 0.0615. The van der Waals surface area contributed by atoms with E-state index in [2.05, 4.69) is 15.3 Å². The van der Waals surface area contributed by atoms with Crippen molar-refractivity contribution >= 4 is 34.6 Å². The molecule has 1 atom stereocenters. The van der Waals surface area contributed by atoms with E-state index in [1.165, 1.54) is 23.1 Å². The molecule has 2 fully saturated rings. The van der Waals surface area contributed by atoms with Crippen LogP contribution in [-0.2, 0) is 12.7 Å². The first-order valence-electron chi connectivity index (χ1n) is 11.8. The topological polar surface area (TPSA) is 105 Å². The number of amides is 1. The number of aliphatic hydroxyl groups excluding tert-OH is 1. The minimum atomic E-state index is -4.86. The van der Waals surface area contributed by atoms with Crippen molar-refractivity contribution in [3.63, 3.8) is 0 Å². The van der Waals surface area contributed by atoms with Gasteiger partial charge in [-0.15, -0.1) is 0 Å². The maximum Gasteiger partial charge on any atom is 0.419 e. The fourth-order valence-electron chi connectivity index (χ4n) is 4.89. The van der Waals surface area contributed by atoms with Gasteiger partial charge in [0, 0.05) is 11.9 Å². The van der Waals surface area contributed by atoms with Crippen molar-refractivity contribution in [1.29, 1.82) is 5.26 Å². The number of pyridine rings is 2. The summed E-state index contributed by atoms with van der Waals surface area (Å²) in [5.74, 6) is -1.49. The predicted molar refractivity (Wildman–Crippen MR) is 136 cm³/mol. The summed E-state index contributed by atoms with van der Waals surface area (Å²) in [6, 6.07) is 11.2. The Kier molecular flexibility index (Phi) is 6.69. The molecule has 8 nitrogen and oxygen atoms in total. The molecule has 1 amide bonds. The number of hydrogen-bond donors (Lipinski definition) is 2. The average Bonchev–Trinajstić information content (AvgIpc) is 3.13. The van der Waals surface area contributed by atoms with Crippen LogP contribution in [0.25, 0.3) is 0 Å². The number of nitrogens with one attached hydrogen (secondary N) is 1. The first-order valence-corrected chi connectivity index (χ1v) is 12.2. The normalized spacial score (nSPS) is 18.2. The van der Waals surface area contributed by atoms with Gasteiger partial charge in [0.1, 0.15) is 11.9 Å². The van der Waals surface area contributed by atoms with Gasteiger partial charge >= 0.3 is 6.18 Å². The third-order valence-electron chi connectivity index (χ3n) is 6.96. The molecular weight excluding hydrogens is 536 g/mol. The highest BCUT2D eigenvalue weighted by molar-refractivity contribution is 7.80. The number of rotatable bonds is 5. The van der Waals surface area contributed by atoms with Crippen molar-refractivity contribution in [2.45, 2.75) is 43.8 Å². The van der Waals surface area contributed by atoms with Gasteiger partial charge in [-0.1, -0.05) is 6.07 Å². The van der Waals surface area contributed by atoms with Gasteiger partial charge in [0.05, 0.1) is 40.8 Å². The zero-order valence-electron chi connectivity index (χ0n) is 20.1. The van der Waals surface area contributed by atoms with Crippen LogP contribution in [0.2, 0.25) is 0 Å². The van der Waals surface area contributed by atoms with Gasteiger partial charge in [-0.05, 0) is 67.9 Å². The van der Waals surface area contributed by atoms with Crippen molar-refractivity contribution in [3.8, 4) is 6.07 Å². The molecule has 1 aliphatic carbocycles. The lowest BCUT2D eigenvalue weighted by Crippen LogP contribution is -2.57. The molecule has 2 N–H and O–H groups in total. The Hall–Kier alpha value is -4.15. The van der Waals surface area contributed by atoms with Gasteiger partial charge in [-0.25, -0.2) is 9.37 Å². The molecule has 0 bridgehead atoms. The molecule has 0 radical (unpaired) electrons. The second kappa shape index (κ2) is 9.87. The van der Waals surface area contributed by atoms with Crippen molar-refractivity contribution in [1.82, 2.24) is 15.3 Å². The van der Waals surface area contributed by atoms with Crippen LogP contribution in [0.5, 0.6) is 0 Å². The van der Waals surface area contributed by atoms with E-state index < -0.39 is 40.9 Å². The first kappa shape index (κ1) is 26.5. The summed E-state index contributed by atoms with van der Waals surface area (Å²) in [5.41, 5.74) is -2.62. The van der Waals surface area contributed by atoms with Crippen LogP contribution in [0, 0.1) is 17.1 Å². The summed E-state index contributed by atoms with van der Waals surface area (Å²) in [4.78, 5) is 23.0. The summed E-state index contributed by atoms with van der Waals surface area (Å²) in [6.07, 6.45) is -2.02. The third kappa shape index (κ3) is 4.55. The van der Waals surface area contributed by atoms with E-state index >= 15 is 4.39 Å². The molecule has 5 rings (SSSR count). The summed E-state index contributed by atoms with van der Waals surface area (Å²) in [6.45, 7) is 0.0971. The lowest BCUT2D eigenvalue weighted by Gasteiger charge is -2.46. The highest BCUT2D eigenvalue weighted by Crippen LogP contribution is 2.50. The van der Waals surface area contributed by atoms with Crippen LogP contribution in [-0.4, -0.2) is 37.9 Å². The van der Waals surface area contributed by atoms with Crippen molar-refractivity contribution in [2.75, 3.05) is 9.80 Å². The van der Waals surface area contributed by atoms with E-state index in [1.54, 1.807) is 24.4 Å². The fourth-order valence-corrected chi connectivity index (χ4v) is 5.38. The van der Waals surface area contributed by atoms with Gasteiger partial charge < -0.3 is 15.3 Å². The first-order chi connectivity index (χ1) is 18.6. The molecule has 1 unspecified atom stereocenters. The van der Waals surface area contributed by atoms with Crippen LogP contribution < -0.4 is 15.1 Å². The molecule has 2 aromatic heterocycles. The summed E-state index contributed by atoms with van der Waals surface area (Å²) in [5, 5.41) is 22.9. The molecular formula is C26H20F4N6O2S. The highest BCUT2D eigenvalue weighted by atomic mass is 32.1. The molecule has 1 aliphatic heterocycles. The predicted octanol–water partition coefficient (Wildman–Crippen LogP) is 4.29. The van der Waals surface area contributed by atoms with E-state index in [-0.39, 0.29) is 28.6 Å². The smallest absolute Gasteiger partial charge is 0.371 e. The van der Waals surface area contributed by atoms with Gasteiger partial charge in [-0.3, -0.25) is 14.7 Å². The largest absolute Gasteiger partial charge is 0.419 e. The third-order valence-corrected chi connectivity index (χ3v) is 7.34. The Morgan fingerprint density at radius 1 is 1.21 bits per heavy atom. The lowest BCUT2D eigenvalue weighted by atomic mass is 9.74. The molecule has 2 aliphatic rings. The van der Waals surface area contributed by atoms with Gasteiger partial charge in [-0.2, -0.15) is 18.4 Å². The zero-order valence-corrected chi connectivity index (χ0v) is 20.9. The van der Waals surface area contributed by atoms with Gasteiger partial charge in [0.15, 0.2) is 17.0 Å². The number of aromatic nitrogens is 2. The minimum Gasteiger partial charge on any atom is -0.371 e. The Morgan fingerprint density at radius 2 is 1.97 bits per heavy atom. The molecule has 3 heterocycles. The number of anilines is 2. The van der Waals surface area contributed by atoms with Crippen molar-refractivity contribution < 1.29 is 27.5 Å². The standard InChI is InChI=1S/C26H20F4N6O2S/c27-20-11-16(5-6-18(20)22(37)34-13-15-4-1-2-9-32-15)36-24(39)35(23(38)25(36)7-3-8-25)17-10-19(26(28,29)30)21(12-31)33-14-17/h1-2,4-6,9-11,14,23,38H,3,7-8,13H2,(H,34,37). The molecule has 13 heteroatoms. The Bertz CT molecular complexity index is 1490. The van der Waals surface area contributed by atoms with E-state index in [0.29, 0.717) is 31.0 Å². The molecule has 200 valence electrons. The molecule has 1 spiro atoms. The van der Waals surface area contributed by atoms with E-state index in [9.17, 15) is 23.1 Å². The number of nitriles is 1. The van der Waals surface area contributed by atoms with Gasteiger partial charge in [0.25, 0.3) is 5.91 Å². The summed E-state index contributed by atoms with van der Waals surface area (Å²) < 4.78 is 55.9. The number of nitrogens with zero attached hydrogens (tertiary/aromatic N) is 5. The summed E-state index contributed by atoms with van der Waals surface area (Å²) >= 11 is 5.58. The summed E-state index contributed by atoms with van der Waals surface area (Å²) in [7, 11) is 0. The maximum atomic E-state index is 15.2. The number of hydrogen-bond acceptors (Lipinski definition) is 6. The molecule has 1 saturated heterocycles. The number of thiocarbonyl (C=S) groups is 1. The Labute approximate surface area is 225 Å². The molecule has 39 heavy (non-hydrogen) atoms. The van der Waals surface area contributed by atoms with Crippen LogP contribution in [0.3, 0.4) is 0 Å². The van der Waals surface area contributed by atoms with Crippen LogP contribution >= 0.6 is 12.2 Å². The van der Waals surface area contributed by atoms with Crippen LogP contribution in [0.15, 0.2) is 54.9 Å². The molecule has 1 aromatic carbocycles. The number of carbonyl (C=O) groups is 1. The molecule has 1 saturated carbocycles. The number of halogens is 4. The SMILES string of the molecule is N#Cc1ncc(N2C(=S)N(c3ccc(C(=O)NCc4ccccn4)c(F)c3)C3(CCC3)C2O)cc1C(F)(F)F. The number of aliphatic hydroxyl groups is 1. The van der Waals surface area contributed by atoms with E-state index in [1.807, 2.05) is 0 Å². The van der Waals surface area contributed by atoms with Crippen molar-refractivity contribution in [3.05, 3.63) is 83.2 Å². The quantitative estimate of drug-likeness (QED) is 0.354. The van der Waals surface area contributed by atoms with Crippen LogP contribution in [0.1, 0.15) is 46.6 Å². The number of alkyl halides is 3. The number of benzene rings is 1. The lowest BCUT2D eigenvalue weighted by molar-refractivity contribution is -0.138. The maximum absolute atomic E-state index is 15.2. The zero-order chi connectivity index (χ0) is 27.9.